The molecule has 5 heteroatoms. The molecule has 0 aliphatic carbocycles. The van der Waals surface area contributed by atoms with E-state index < -0.39 is 10.0 Å². The van der Waals surface area contributed by atoms with E-state index in [1.54, 1.807) is 25.1 Å². The fourth-order valence-corrected chi connectivity index (χ4v) is 4.14. The van der Waals surface area contributed by atoms with Crippen molar-refractivity contribution in [1.29, 1.82) is 0 Å². The van der Waals surface area contributed by atoms with E-state index in [1.165, 1.54) is 10.4 Å². The first kappa shape index (κ1) is 15.4. The maximum absolute atomic E-state index is 13.0. The van der Waals surface area contributed by atoms with Crippen LogP contribution in [0.2, 0.25) is 0 Å². The van der Waals surface area contributed by atoms with Gasteiger partial charge in [-0.1, -0.05) is 18.2 Å². The van der Waals surface area contributed by atoms with E-state index in [0.717, 1.165) is 11.1 Å². The molecule has 0 aromatic heterocycles. The monoisotopic (exact) mass is 304 g/mol. The summed E-state index contributed by atoms with van der Waals surface area (Å²) in [6.07, 6.45) is 0. The van der Waals surface area contributed by atoms with Crippen LogP contribution in [-0.2, 0) is 10.0 Å². The van der Waals surface area contributed by atoms with Crippen LogP contribution in [0.15, 0.2) is 47.4 Å². The minimum Gasteiger partial charge on any atom is -0.399 e. The minimum absolute atomic E-state index is 0.269. The van der Waals surface area contributed by atoms with E-state index in [1.807, 2.05) is 32.0 Å². The van der Waals surface area contributed by atoms with Crippen LogP contribution in [0.3, 0.4) is 0 Å². The largest absolute Gasteiger partial charge is 0.399 e. The molecule has 0 spiro atoms. The number of rotatable bonds is 4. The first-order valence-electron chi connectivity index (χ1n) is 6.82. The van der Waals surface area contributed by atoms with E-state index in [4.69, 9.17) is 5.73 Å². The number of nitrogens with two attached hydrogens (primary N) is 1. The molecule has 0 atom stereocenters. The maximum Gasteiger partial charge on any atom is 0.264 e. The molecule has 2 aromatic rings. The lowest BCUT2D eigenvalue weighted by atomic mass is 10.1. The molecule has 0 fully saturated rings. The van der Waals surface area contributed by atoms with Crippen molar-refractivity contribution in [3.8, 4) is 0 Å². The van der Waals surface area contributed by atoms with E-state index in [2.05, 4.69) is 0 Å². The summed E-state index contributed by atoms with van der Waals surface area (Å²) in [6, 6.07) is 12.4. The number of anilines is 2. The molecule has 0 bridgehead atoms. The van der Waals surface area contributed by atoms with Crippen molar-refractivity contribution in [2.75, 3.05) is 16.6 Å². The van der Waals surface area contributed by atoms with Gasteiger partial charge >= 0.3 is 0 Å². The lowest BCUT2D eigenvalue weighted by Gasteiger charge is -2.24. The maximum atomic E-state index is 13.0. The Morgan fingerprint density at radius 3 is 2.29 bits per heavy atom. The van der Waals surface area contributed by atoms with Crippen LogP contribution in [0, 0.1) is 13.8 Å². The lowest BCUT2D eigenvalue weighted by Crippen LogP contribution is -2.31. The van der Waals surface area contributed by atoms with Crippen molar-refractivity contribution < 1.29 is 8.42 Å². The van der Waals surface area contributed by atoms with Crippen molar-refractivity contribution >= 4 is 21.4 Å². The van der Waals surface area contributed by atoms with Gasteiger partial charge in [-0.25, -0.2) is 8.42 Å². The Hall–Kier alpha value is -2.01. The normalized spacial score (nSPS) is 11.4. The molecule has 2 rings (SSSR count). The Bertz CT molecular complexity index is 740. The van der Waals surface area contributed by atoms with Gasteiger partial charge in [-0.3, -0.25) is 4.31 Å². The Balaban J connectivity index is 2.61. The molecular weight excluding hydrogens is 284 g/mol. The van der Waals surface area contributed by atoms with Gasteiger partial charge in [0.1, 0.15) is 0 Å². The fraction of sp³-hybridized carbons (Fsp3) is 0.250. The molecule has 112 valence electrons. The molecule has 0 aliphatic rings. The number of aryl methyl sites for hydroxylation is 1. The summed E-state index contributed by atoms with van der Waals surface area (Å²) in [7, 11) is -3.63. The van der Waals surface area contributed by atoms with Crippen LogP contribution >= 0.6 is 0 Å². The van der Waals surface area contributed by atoms with Crippen LogP contribution in [0.1, 0.15) is 18.1 Å². The summed E-state index contributed by atoms with van der Waals surface area (Å²) in [5, 5.41) is 0. The van der Waals surface area contributed by atoms with Gasteiger partial charge in [-0.2, -0.15) is 0 Å². The predicted octanol–water partition coefficient (Wildman–Crippen LogP) is 3.10. The molecule has 2 N–H and O–H groups in total. The van der Waals surface area contributed by atoms with Crippen LogP contribution in [0.4, 0.5) is 11.4 Å². The third-order valence-electron chi connectivity index (χ3n) is 3.54. The predicted molar refractivity (Wildman–Crippen MR) is 87.0 cm³/mol. The van der Waals surface area contributed by atoms with Gasteiger partial charge < -0.3 is 5.73 Å². The number of sulfonamides is 1. The molecule has 0 aliphatic heterocycles. The third kappa shape index (κ3) is 2.88. The molecule has 4 nitrogen and oxygen atoms in total. The Morgan fingerprint density at radius 1 is 1.10 bits per heavy atom. The summed E-state index contributed by atoms with van der Waals surface area (Å²) in [5.41, 5.74) is 8.54. The van der Waals surface area contributed by atoms with Gasteiger partial charge in [0.15, 0.2) is 0 Å². The van der Waals surface area contributed by atoms with Gasteiger partial charge in [-0.15, -0.1) is 0 Å². The molecule has 21 heavy (non-hydrogen) atoms. The van der Waals surface area contributed by atoms with Gasteiger partial charge in [0.2, 0.25) is 0 Å². The standard InChI is InChI=1S/C16H20N2O2S/c1-4-18(15-8-6-5-7-9-15)21(19,20)16-11-14(17)10-12(2)13(16)3/h5-11H,4,17H2,1-3H3. The van der Waals surface area contributed by atoms with Crippen LogP contribution < -0.4 is 10.0 Å². The summed E-state index contributed by atoms with van der Waals surface area (Å²) >= 11 is 0. The average molecular weight is 304 g/mol. The number of nitrogens with zero attached hydrogens (tertiary/aromatic N) is 1. The first-order valence-corrected chi connectivity index (χ1v) is 8.26. The second-order valence-electron chi connectivity index (χ2n) is 4.97. The number of hydrogen-bond acceptors (Lipinski definition) is 3. The number of nitrogen functional groups attached to an aromatic ring is 1. The van der Waals surface area contributed by atoms with Crippen LogP contribution in [0.5, 0.6) is 0 Å². The highest BCUT2D eigenvalue weighted by molar-refractivity contribution is 7.92. The van der Waals surface area contributed by atoms with Gasteiger partial charge in [-0.05, 0) is 56.2 Å². The quantitative estimate of drug-likeness (QED) is 0.883. The van der Waals surface area contributed by atoms with E-state index in [9.17, 15) is 8.42 Å². The zero-order chi connectivity index (χ0) is 15.6. The molecule has 0 amide bonds. The molecule has 0 unspecified atom stereocenters. The number of para-hydroxylation sites is 1. The van der Waals surface area contributed by atoms with Crippen molar-refractivity contribution in [2.24, 2.45) is 0 Å². The van der Waals surface area contributed by atoms with Gasteiger partial charge in [0, 0.05) is 12.2 Å². The van der Waals surface area contributed by atoms with Gasteiger partial charge in [0.05, 0.1) is 10.6 Å². The molecule has 0 saturated heterocycles. The van der Waals surface area contributed by atoms with Crippen LogP contribution in [0.25, 0.3) is 0 Å². The lowest BCUT2D eigenvalue weighted by molar-refractivity contribution is 0.591. The molecular formula is C16H20N2O2S. The number of benzene rings is 2. The number of hydrogen-bond donors (Lipinski definition) is 1. The zero-order valence-electron chi connectivity index (χ0n) is 12.5. The van der Waals surface area contributed by atoms with Crippen molar-refractivity contribution in [2.45, 2.75) is 25.7 Å². The molecule has 0 radical (unpaired) electrons. The highest BCUT2D eigenvalue weighted by Crippen LogP contribution is 2.28. The third-order valence-corrected chi connectivity index (χ3v) is 5.57. The van der Waals surface area contributed by atoms with Crippen molar-refractivity contribution in [3.63, 3.8) is 0 Å². The first-order chi connectivity index (χ1) is 9.87. The highest BCUT2D eigenvalue weighted by Gasteiger charge is 2.26. The summed E-state index contributed by atoms with van der Waals surface area (Å²) < 4.78 is 27.3. The Labute approximate surface area is 126 Å². The van der Waals surface area contributed by atoms with Gasteiger partial charge in [0.25, 0.3) is 10.0 Å². The minimum atomic E-state index is -3.63. The average Bonchev–Trinajstić information content (AvgIpc) is 2.44. The van der Waals surface area contributed by atoms with E-state index >= 15 is 0 Å². The highest BCUT2D eigenvalue weighted by atomic mass is 32.2. The second kappa shape index (κ2) is 5.77. The summed E-state index contributed by atoms with van der Waals surface area (Å²) in [6.45, 7) is 5.85. The fourth-order valence-electron chi connectivity index (χ4n) is 2.33. The van der Waals surface area contributed by atoms with Crippen molar-refractivity contribution in [3.05, 3.63) is 53.6 Å². The topological polar surface area (TPSA) is 63.4 Å². The Morgan fingerprint density at radius 2 is 1.71 bits per heavy atom. The van der Waals surface area contributed by atoms with E-state index in [0.29, 0.717) is 17.9 Å². The van der Waals surface area contributed by atoms with Crippen LogP contribution in [-0.4, -0.2) is 15.0 Å². The molecule has 0 saturated carbocycles. The summed E-state index contributed by atoms with van der Waals surface area (Å²) in [5.74, 6) is 0. The smallest absolute Gasteiger partial charge is 0.264 e. The summed E-state index contributed by atoms with van der Waals surface area (Å²) in [4.78, 5) is 0.269. The molecule has 2 aromatic carbocycles. The van der Waals surface area contributed by atoms with Crippen molar-refractivity contribution in [1.82, 2.24) is 0 Å². The second-order valence-corrected chi connectivity index (χ2v) is 6.80. The van der Waals surface area contributed by atoms with E-state index in [-0.39, 0.29) is 4.90 Å². The zero-order valence-corrected chi connectivity index (χ0v) is 13.3. The Kier molecular flexibility index (Phi) is 4.23. The molecule has 0 heterocycles. The SMILES string of the molecule is CCN(c1ccccc1)S(=O)(=O)c1cc(N)cc(C)c1C.